The molecule has 0 fully saturated rings. The van der Waals surface area contributed by atoms with Crippen LogP contribution >= 0.6 is 15.9 Å². The van der Waals surface area contributed by atoms with Crippen LogP contribution in [0.1, 0.15) is 42.2 Å². The molecule has 24 heavy (non-hydrogen) atoms. The Morgan fingerprint density at radius 1 is 1.25 bits per heavy atom. The summed E-state index contributed by atoms with van der Waals surface area (Å²) in [5.74, 6) is -0.0931. The highest BCUT2D eigenvalue weighted by molar-refractivity contribution is 9.10. The van der Waals surface area contributed by atoms with E-state index in [4.69, 9.17) is 4.74 Å². The second kappa shape index (κ2) is 9.59. The van der Waals surface area contributed by atoms with Crippen LogP contribution in [-0.4, -0.2) is 35.4 Å². The molecule has 0 saturated carbocycles. The van der Waals surface area contributed by atoms with E-state index in [0.29, 0.717) is 18.7 Å². The van der Waals surface area contributed by atoms with Gasteiger partial charge in [-0.3, -0.25) is 4.79 Å². The second-order valence-corrected chi connectivity index (χ2v) is 6.52. The molecule has 1 aromatic carbocycles. The van der Waals surface area contributed by atoms with E-state index in [2.05, 4.69) is 33.3 Å². The molecule has 1 heterocycles. The molecule has 0 aliphatic heterocycles. The van der Waals surface area contributed by atoms with Gasteiger partial charge in [0.25, 0.3) is 5.91 Å². The maximum atomic E-state index is 12.3. The first-order valence-corrected chi connectivity index (χ1v) is 9.09. The molecule has 1 amide bonds. The lowest BCUT2D eigenvalue weighted by atomic mass is 10.2. The summed E-state index contributed by atoms with van der Waals surface area (Å²) in [4.78, 5) is 12.3. The average molecular weight is 394 g/mol. The first kappa shape index (κ1) is 18.7. The maximum absolute atomic E-state index is 12.3. The van der Waals surface area contributed by atoms with E-state index in [9.17, 15) is 4.79 Å². The number of hydrogen-bond acceptors (Lipinski definition) is 3. The van der Waals surface area contributed by atoms with Crippen LogP contribution in [0.2, 0.25) is 0 Å². The number of aromatic nitrogens is 2. The summed E-state index contributed by atoms with van der Waals surface area (Å²) >= 11 is 3.42. The molecule has 0 unspecified atom stereocenters. The number of carbonyl (C=O) groups excluding carboxylic acids is 1. The highest BCUT2D eigenvalue weighted by Gasteiger charge is 2.14. The van der Waals surface area contributed by atoms with Crippen molar-refractivity contribution in [3.63, 3.8) is 0 Å². The normalized spacial score (nSPS) is 10.8. The van der Waals surface area contributed by atoms with Gasteiger partial charge in [0.15, 0.2) is 0 Å². The summed E-state index contributed by atoms with van der Waals surface area (Å²) in [6.45, 7) is 6.12. The number of ether oxygens (including phenoxy) is 1. The van der Waals surface area contributed by atoms with Crippen molar-refractivity contribution in [1.29, 1.82) is 0 Å². The number of amides is 1. The van der Waals surface area contributed by atoms with Crippen molar-refractivity contribution in [2.24, 2.45) is 0 Å². The van der Waals surface area contributed by atoms with Crippen LogP contribution in [0, 0.1) is 6.92 Å². The number of nitrogens with one attached hydrogen (secondary N) is 1. The second-order valence-electron chi connectivity index (χ2n) is 5.61. The highest BCUT2D eigenvalue weighted by atomic mass is 79.9. The van der Waals surface area contributed by atoms with Gasteiger partial charge in [-0.25, -0.2) is 4.68 Å². The molecule has 0 spiro atoms. The van der Waals surface area contributed by atoms with Gasteiger partial charge >= 0.3 is 0 Å². The van der Waals surface area contributed by atoms with Crippen LogP contribution in [0.5, 0.6) is 0 Å². The quantitative estimate of drug-likeness (QED) is 0.657. The largest absolute Gasteiger partial charge is 0.381 e. The lowest BCUT2D eigenvalue weighted by molar-refractivity contribution is 0.0940. The molecule has 0 atom stereocenters. The molecule has 0 aliphatic carbocycles. The van der Waals surface area contributed by atoms with Gasteiger partial charge in [0.05, 0.1) is 23.1 Å². The summed E-state index contributed by atoms with van der Waals surface area (Å²) in [5, 5.41) is 7.26. The Balaban J connectivity index is 1.86. The third-order valence-corrected chi connectivity index (χ3v) is 4.25. The number of rotatable bonds is 9. The highest BCUT2D eigenvalue weighted by Crippen LogP contribution is 2.17. The Morgan fingerprint density at radius 3 is 2.67 bits per heavy atom. The Kier molecular flexibility index (Phi) is 7.46. The lowest BCUT2D eigenvalue weighted by Gasteiger charge is -2.07. The van der Waals surface area contributed by atoms with Crippen molar-refractivity contribution in [2.75, 3.05) is 19.8 Å². The summed E-state index contributed by atoms with van der Waals surface area (Å²) < 4.78 is 8.27. The Labute approximate surface area is 151 Å². The van der Waals surface area contributed by atoms with E-state index in [-0.39, 0.29) is 5.91 Å². The fraction of sp³-hybridized carbons (Fsp3) is 0.444. The number of hydrogen-bond donors (Lipinski definition) is 1. The minimum absolute atomic E-state index is 0.0931. The van der Waals surface area contributed by atoms with Gasteiger partial charge < -0.3 is 10.1 Å². The van der Waals surface area contributed by atoms with E-state index >= 15 is 0 Å². The van der Waals surface area contributed by atoms with Crippen LogP contribution in [0.3, 0.4) is 0 Å². The minimum atomic E-state index is -0.0931. The van der Waals surface area contributed by atoms with Gasteiger partial charge in [0.2, 0.25) is 0 Å². The molecule has 1 N–H and O–H groups in total. The topological polar surface area (TPSA) is 56.1 Å². The Hall–Kier alpha value is -1.66. The standard InChI is InChI=1S/C18H24BrN3O2/c1-3-4-11-24-12-5-10-20-18(23)17-13-21-22(14(17)2)16-8-6-15(19)7-9-16/h6-9,13H,3-5,10-12H2,1-2H3,(H,20,23). The van der Waals surface area contributed by atoms with Gasteiger partial charge in [-0.05, 0) is 44.0 Å². The summed E-state index contributed by atoms with van der Waals surface area (Å²) in [6.07, 6.45) is 4.65. The first-order chi connectivity index (χ1) is 11.6. The zero-order valence-electron chi connectivity index (χ0n) is 14.2. The van der Waals surface area contributed by atoms with Crippen LogP contribution in [0.4, 0.5) is 0 Å². The van der Waals surface area contributed by atoms with Gasteiger partial charge in [-0.1, -0.05) is 29.3 Å². The molecular weight excluding hydrogens is 370 g/mol. The van der Waals surface area contributed by atoms with Crippen molar-refractivity contribution in [3.8, 4) is 5.69 Å². The van der Waals surface area contributed by atoms with Crippen molar-refractivity contribution in [3.05, 3.63) is 46.2 Å². The predicted octanol–water partition coefficient (Wildman–Crippen LogP) is 3.88. The van der Waals surface area contributed by atoms with E-state index < -0.39 is 0 Å². The summed E-state index contributed by atoms with van der Waals surface area (Å²) in [7, 11) is 0. The fourth-order valence-corrected chi connectivity index (χ4v) is 2.56. The molecule has 6 heteroatoms. The van der Waals surface area contributed by atoms with Crippen molar-refractivity contribution in [2.45, 2.75) is 33.1 Å². The van der Waals surface area contributed by atoms with Crippen LogP contribution in [-0.2, 0) is 4.74 Å². The molecular formula is C18H24BrN3O2. The van der Waals surface area contributed by atoms with E-state index in [1.807, 2.05) is 31.2 Å². The van der Waals surface area contributed by atoms with Crippen LogP contribution in [0.15, 0.2) is 34.9 Å². The molecule has 2 aromatic rings. The van der Waals surface area contributed by atoms with E-state index in [0.717, 1.165) is 41.7 Å². The molecule has 5 nitrogen and oxygen atoms in total. The predicted molar refractivity (Wildman–Crippen MR) is 98.7 cm³/mol. The smallest absolute Gasteiger partial charge is 0.254 e. The van der Waals surface area contributed by atoms with E-state index in [1.54, 1.807) is 10.9 Å². The first-order valence-electron chi connectivity index (χ1n) is 8.30. The molecule has 0 bridgehead atoms. The van der Waals surface area contributed by atoms with Gasteiger partial charge in [0, 0.05) is 24.2 Å². The Bertz CT molecular complexity index is 653. The van der Waals surface area contributed by atoms with E-state index in [1.165, 1.54) is 0 Å². The average Bonchev–Trinajstić information content (AvgIpc) is 2.96. The molecule has 0 aliphatic rings. The Morgan fingerprint density at radius 2 is 1.96 bits per heavy atom. The molecule has 0 saturated heterocycles. The van der Waals surface area contributed by atoms with Crippen molar-refractivity contribution < 1.29 is 9.53 Å². The zero-order chi connectivity index (χ0) is 17.4. The van der Waals surface area contributed by atoms with Crippen LogP contribution < -0.4 is 5.32 Å². The maximum Gasteiger partial charge on any atom is 0.254 e. The SMILES string of the molecule is CCCCOCCCNC(=O)c1cnn(-c2ccc(Br)cc2)c1C. The number of unbranched alkanes of at least 4 members (excludes halogenated alkanes) is 1. The number of halogens is 1. The van der Waals surface area contributed by atoms with Gasteiger partial charge in [-0.15, -0.1) is 0 Å². The third kappa shape index (κ3) is 5.18. The van der Waals surface area contributed by atoms with Gasteiger partial charge in [0.1, 0.15) is 0 Å². The lowest BCUT2D eigenvalue weighted by Crippen LogP contribution is -2.25. The number of benzene rings is 1. The fourth-order valence-electron chi connectivity index (χ4n) is 2.29. The number of nitrogens with zero attached hydrogens (tertiary/aromatic N) is 2. The summed E-state index contributed by atoms with van der Waals surface area (Å²) in [6, 6.07) is 7.82. The molecule has 2 rings (SSSR count). The van der Waals surface area contributed by atoms with Crippen molar-refractivity contribution in [1.82, 2.24) is 15.1 Å². The summed E-state index contributed by atoms with van der Waals surface area (Å²) in [5.41, 5.74) is 2.36. The molecule has 1 aromatic heterocycles. The minimum Gasteiger partial charge on any atom is -0.381 e. The molecule has 0 radical (unpaired) electrons. The third-order valence-electron chi connectivity index (χ3n) is 3.72. The zero-order valence-corrected chi connectivity index (χ0v) is 15.8. The van der Waals surface area contributed by atoms with Crippen molar-refractivity contribution >= 4 is 21.8 Å². The molecule has 130 valence electrons. The number of carbonyl (C=O) groups is 1. The monoisotopic (exact) mass is 393 g/mol. The van der Waals surface area contributed by atoms with Gasteiger partial charge in [-0.2, -0.15) is 5.10 Å². The van der Waals surface area contributed by atoms with Crippen LogP contribution in [0.25, 0.3) is 5.69 Å².